The maximum Gasteiger partial charge on any atom is 0.277 e. The molecular weight excluding hydrogens is 356 g/mol. The number of hydrazine groups is 1. The van der Waals surface area contributed by atoms with Gasteiger partial charge in [-0.25, -0.2) is 0 Å². The van der Waals surface area contributed by atoms with Gasteiger partial charge in [0.1, 0.15) is 0 Å². The van der Waals surface area contributed by atoms with E-state index in [4.69, 9.17) is 11.6 Å². The first-order chi connectivity index (χ1) is 11.8. The maximum absolute atomic E-state index is 12.0. The van der Waals surface area contributed by atoms with Crippen molar-refractivity contribution in [1.82, 2.24) is 10.9 Å². The van der Waals surface area contributed by atoms with E-state index in [0.717, 1.165) is 18.2 Å². The molecule has 0 saturated heterocycles. The summed E-state index contributed by atoms with van der Waals surface area (Å²) in [5, 5.41) is 22.0. The summed E-state index contributed by atoms with van der Waals surface area (Å²) in [4.78, 5) is 43.7. The first kappa shape index (κ1) is 17.8. The Morgan fingerprint density at radius 2 is 1.24 bits per heavy atom. The fourth-order valence-corrected chi connectivity index (χ4v) is 1.92. The molecule has 0 bridgehead atoms. The van der Waals surface area contributed by atoms with Crippen molar-refractivity contribution in [3.63, 3.8) is 0 Å². The van der Waals surface area contributed by atoms with Crippen LogP contribution in [0.1, 0.15) is 20.7 Å². The first-order valence-corrected chi connectivity index (χ1v) is 6.96. The number of hydrogen-bond donors (Lipinski definition) is 2. The number of nitro benzene ring substituents is 2. The number of nitro groups is 2. The van der Waals surface area contributed by atoms with Crippen LogP contribution in [0.25, 0.3) is 0 Å². The van der Waals surface area contributed by atoms with Gasteiger partial charge in [0, 0.05) is 22.7 Å². The number of nitrogens with one attached hydrogen (secondary N) is 2. The third-order valence-corrected chi connectivity index (χ3v) is 3.23. The lowest BCUT2D eigenvalue weighted by Gasteiger charge is -2.07. The molecule has 2 aromatic carbocycles. The SMILES string of the molecule is O=C(NNC(=O)c1cc([N+](=O)[O-])cc([N+](=O)[O-])c1)c1ccc(Cl)cc1. The molecule has 11 heteroatoms. The molecule has 0 unspecified atom stereocenters. The van der Waals surface area contributed by atoms with Gasteiger partial charge in [-0.15, -0.1) is 0 Å². The van der Waals surface area contributed by atoms with Crippen LogP contribution in [0.4, 0.5) is 11.4 Å². The average Bonchev–Trinajstić information content (AvgIpc) is 2.59. The number of rotatable bonds is 4. The van der Waals surface area contributed by atoms with Gasteiger partial charge in [-0.05, 0) is 24.3 Å². The number of hydrogen-bond acceptors (Lipinski definition) is 6. The molecule has 0 fully saturated rings. The minimum absolute atomic E-state index is 0.203. The summed E-state index contributed by atoms with van der Waals surface area (Å²) < 4.78 is 0. The van der Waals surface area contributed by atoms with Gasteiger partial charge in [0.15, 0.2) is 0 Å². The zero-order valence-corrected chi connectivity index (χ0v) is 13.0. The highest BCUT2D eigenvalue weighted by molar-refractivity contribution is 6.30. The van der Waals surface area contributed by atoms with E-state index in [1.807, 2.05) is 5.43 Å². The monoisotopic (exact) mass is 364 g/mol. The number of halogens is 1. The standard InChI is InChI=1S/C14H9ClN4O6/c15-10-3-1-8(2-4-10)13(20)16-17-14(21)9-5-11(18(22)23)7-12(6-9)19(24)25/h1-7H,(H,16,20)(H,17,21). The lowest BCUT2D eigenvalue weighted by Crippen LogP contribution is -2.41. The van der Waals surface area contributed by atoms with Crippen molar-refractivity contribution in [2.75, 3.05) is 0 Å². The molecule has 0 spiro atoms. The van der Waals surface area contributed by atoms with Gasteiger partial charge in [0.25, 0.3) is 23.2 Å². The summed E-state index contributed by atoms with van der Waals surface area (Å²) in [6, 6.07) is 8.23. The number of amides is 2. The van der Waals surface area contributed by atoms with E-state index in [1.54, 1.807) is 0 Å². The van der Waals surface area contributed by atoms with E-state index in [-0.39, 0.29) is 11.1 Å². The molecule has 25 heavy (non-hydrogen) atoms. The number of nitrogens with zero attached hydrogens (tertiary/aromatic N) is 2. The number of benzene rings is 2. The molecule has 2 aromatic rings. The van der Waals surface area contributed by atoms with Crippen molar-refractivity contribution in [3.8, 4) is 0 Å². The number of carbonyl (C=O) groups excluding carboxylic acids is 2. The van der Waals surface area contributed by atoms with Crippen molar-refractivity contribution < 1.29 is 19.4 Å². The summed E-state index contributed by atoms with van der Waals surface area (Å²) in [6.45, 7) is 0. The number of carbonyl (C=O) groups is 2. The molecule has 0 saturated carbocycles. The Kier molecular flexibility index (Phi) is 5.25. The molecule has 128 valence electrons. The van der Waals surface area contributed by atoms with Gasteiger partial charge in [-0.1, -0.05) is 11.6 Å². The molecule has 0 aliphatic carbocycles. The third-order valence-electron chi connectivity index (χ3n) is 2.98. The zero-order valence-electron chi connectivity index (χ0n) is 12.3. The lowest BCUT2D eigenvalue weighted by molar-refractivity contribution is -0.394. The minimum Gasteiger partial charge on any atom is -0.267 e. The molecule has 2 N–H and O–H groups in total. The fraction of sp³-hybridized carbons (Fsp3) is 0. The number of non-ortho nitro benzene ring substituents is 2. The predicted molar refractivity (Wildman–Crippen MR) is 86.1 cm³/mol. The van der Waals surface area contributed by atoms with E-state index in [9.17, 15) is 29.8 Å². The largest absolute Gasteiger partial charge is 0.277 e. The van der Waals surface area contributed by atoms with Gasteiger partial charge in [-0.3, -0.25) is 40.7 Å². The summed E-state index contributed by atoms with van der Waals surface area (Å²) in [5.74, 6) is -1.61. The van der Waals surface area contributed by atoms with Gasteiger partial charge in [-0.2, -0.15) is 0 Å². The van der Waals surface area contributed by atoms with E-state index >= 15 is 0 Å². The summed E-state index contributed by atoms with van der Waals surface area (Å²) >= 11 is 5.69. The third kappa shape index (κ3) is 4.48. The van der Waals surface area contributed by atoms with Crippen molar-refractivity contribution in [2.45, 2.75) is 0 Å². The molecule has 0 aromatic heterocycles. The van der Waals surface area contributed by atoms with Crippen LogP contribution in [0, 0.1) is 20.2 Å². The minimum atomic E-state index is -0.950. The van der Waals surface area contributed by atoms with E-state index in [2.05, 4.69) is 5.43 Å². The zero-order chi connectivity index (χ0) is 18.6. The van der Waals surface area contributed by atoms with Gasteiger partial charge >= 0.3 is 0 Å². The van der Waals surface area contributed by atoms with Gasteiger partial charge in [0.2, 0.25) is 0 Å². The lowest BCUT2D eigenvalue weighted by atomic mass is 10.1. The van der Waals surface area contributed by atoms with Crippen LogP contribution in [0.3, 0.4) is 0 Å². The van der Waals surface area contributed by atoms with Crippen LogP contribution in [0.15, 0.2) is 42.5 Å². The fourth-order valence-electron chi connectivity index (χ4n) is 1.80. The predicted octanol–water partition coefficient (Wildman–Crippen LogP) is 2.23. The molecule has 0 radical (unpaired) electrons. The highest BCUT2D eigenvalue weighted by Crippen LogP contribution is 2.22. The van der Waals surface area contributed by atoms with Crippen molar-refractivity contribution in [3.05, 3.63) is 78.8 Å². The molecule has 0 heterocycles. The van der Waals surface area contributed by atoms with Crippen LogP contribution in [0.5, 0.6) is 0 Å². The van der Waals surface area contributed by atoms with E-state index in [1.165, 1.54) is 24.3 Å². The molecule has 0 atom stereocenters. The maximum atomic E-state index is 12.0. The van der Waals surface area contributed by atoms with Crippen molar-refractivity contribution >= 4 is 34.8 Å². The van der Waals surface area contributed by atoms with E-state index in [0.29, 0.717) is 5.02 Å². The highest BCUT2D eigenvalue weighted by Gasteiger charge is 2.20. The average molecular weight is 365 g/mol. The Morgan fingerprint density at radius 1 is 0.800 bits per heavy atom. The Labute approximate surface area is 144 Å². The summed E-state index contributed by atoms with van der Waals surface area (Å²) in [6.07, 6.45) is 0. The molecule has 2 amide bonds. The Bertz CT molecular complexity index is 836. The topological polar surface area (TPSA) is 144 Å². The Morgan fingerprint density at radius 3 is 1.68 bits per heavy atom. The van der Waals surface area contributed by atoms with Crippen LogP contribution in [-0.4, -0.2) is 21.7 Å². The molecular formula is C14H9ClN4O6. The normalized spacial score (nSPS) is 9.96. The van der Waals surface area contributed by atoms with Crippen LogP contribution in [0.2, 0.25) is 5.02 Å². The second-order valence-corrected chi connectivity index (χ2v) is 5.10. The van der Waals surface area contributed by atoms with Crippen LogP contribution in [-0.2, 0) is 0 Å². The van der Waals surface area contributed by atoms with Crippen LogP contribution >= 0.6 is 11.6 Å². The second kappa shape index (κ2) is 7.36. The quantitative estimate of drug-likeness (QED) is 0.628. The van der Waals surface area contributed by atoms with Crippen LogP contribution < -0.4 is 10.9 Å². The first-order valence-electron chi connectivity index (χ1n) is 6.58. The van der Waals surface area contributed by atoms with Crippen molar-refractivity contribution in [1.29, 1.82) is 0 Å². The van der Waals surface area contributed by atoms with Crippen molar-refractivity contribution in [2.24, 2.45) is 0 Å². The van der Waals surface area contributed by atoms with Gasteiger partial charge in [0.05, 0.1) is 21.5 Å². The Balaban J connectivity index is 2.14. The highest BCUT2D eigenvalue weighted by atomic mass is 35.5. The molecule has 10 nitrogen and oxygen atoms in total. The molecule has 2 rings (SSSR count). The molecule has 0 aliphatic heterocycles. The van der Waals surface area contributed by atoms with E-state index < -0.39 is 33.0 Å². The summed E-state index contributed by atoms with van der Waals surface area (Å²) in [7, 11) is 0. The van der Waals surface area contributed by atoms with Gasteiger partial charge < -0.3 is 0 Å². The Hall–Kier alpha value is -3.53. The smallest absolute Gasteiger partial charge is 0.267 e. The molecule has 0 aliphatic rings. The summed E-state index contributed by atoms with van der Waals surface area (Å²) in [5.41, 5.74) is 2.73. The second-order valence-electron chi connectivity index (χ2n) is 4.67.